The Bertz CT molecular complexity index is 650. The Morgan fingerprint density at radius 3 is 2.42 bits per heavy atom. The molecule has 19 heavy (non-hydrogen) atoms. The fraction of sp³-hybridized carbons (Fsp3) is 0.0714. The first-order valence-electron chi connectivity index (χ1n) is 5.36. The molecule has 0 aliphatic heterocycles. The molecule has 0 aliphatic carbocycles. The molecule has 0 aliphatic rings. The SMILES string of the molecule is N#Cc1ccc(COc2ccc(F)cc2F)c(F)c1. The standard InChI is InChI=1S/C14H8F3NO/c15-11-3-4-14(13(17)6-11)19-8-10-2-1-9(7-18)5-12(10)16/h1-6H,8H2. The van der Waals surface area contributed by atoms with Gasteiger partial charge in [-0.2, -0.15) is 5.26 Å². The normalized spacial score (nSPS) is 10.0. The van der Waals surface area contributed by atoms with Crippen LogP contribution in [0.25, 0.3) is 0 Å². The van der Waals surface area contributed by atoms with Crippen molar-refractivity contribution in [1.82, 2.24) is 0 Å². The van der Waals surface area contributed by atoms with Crippen LogP contribution in [0, 0.1) is 28.8 Å². The molecule has 0 N–H and O–H groups in total. The maximum atomic E-state index is 13.5. The van der Waals surface area contributed by atoms with Gasteiger partial charge in [-0.15, -0.1) is 0 Å². The molecular formula is C14H8F3NO. The van der Waals surface area contributed by atoms with Crippen LogP contribution < -0.4 is 4.74 Å². The van der Waals surface area contributed by atoms with E-state index in [0.29, 0.717) is 6.07 Å². The highest BCUT2D eigenvalue weighted by Gasteiger charge is 2.08. The summed E-state index contributed by atoms with van der Waals surface area (Å²) in [7, 11) is 0. The zero-order chi connectivity index (χ0) is 13.8. The minimum absolute atomic E-state index is 0.162. The van der Waals surface area contributed by atoms with Gasteiger partial charge in [-0.25, -0.2) is 13.2 Å². The predicted octanol–water partition coefficient (Wildman–Crippen LogP) is 3.55. The molecule has 2 rings (SSSR count). The van der Waals surface area contributed by atoms with Crippen molar-refractivity contribution in [3.63, 3.8) is 0 Å². The van der Waals surface area contributed by atoms with E-state index >= 15 is 0 Å². The molecule has 96 valence electrons. The quantitative estimate of drug-likeness (QED) is 0.848. The van der Waals surface area contributed by atoms with Gasteiger partial charge >= 0.3 is 0 Å². The average molecular weight is 263 g/mol. The number of benzene rings is 2. The number of hydrogen-bond donors (Lipinski definition) is 0. The molecule has 0 bridgehead atoms. The number of ether oxygens (including phenoxy) is 1. The maximum absolute atomic E-state index is 13.5. The minimum Gasteiger partial charge on any atom is -0.486 e. The van der Waals surface area contributed by atoms with E-state index in [-0.39, 0.29) is 23.5 Å². The molecule has 0 unspecified atom stereocenters. The molecule has 0 saturated carbocycles. The summed E-state index contributed by atoms with van der Waals surface area (Å²) in [6, 6.07) is 8.55. The molecule has 0 saturated heterocycles. The zero-order valence-electron chi connectivity index (χ0n) is 9.66. The van der Waals surface area contributed by atoms with Crippen LogP contribution in [0.2, 0.25) is 0 Å². The molecule has 2 aromatic carbocycles. The topological polar surface area (TPSA) is 33.0 Å². The van der Waals surface area contributed by atoms with Crippen molar-refractivity contribution in [2.45, 2.75) is 6.61 Å². The average Bonchev–Trinajstić information content (AvgIpc) is 2.39. The summed E-state index contributed by atoms with van der Waals surface area (Å²) in [6.45, 7) is -0.208. The van der Waals surface area contributed by atoms with Gasteiger partial charge in [0.05, 0.1) is 11.6 Å². The van der Waals surface area contributed by atoms with Crippen LogP contribution in [0.3, 0.4) is 0 Å². The molecule has 2 aromatic rings. The van der Waals surface area contributed by atoms with Gasteiger partial charge in [-0.3, -0.25) is 0 Å². The van der Waals surface area contributed by atoms with Crippen LogP contribution in [0.15, 0.2) is 36.4 Å². The second-order valence-corrected chi connectivity index (χ2v) is 3.78. The monoisotopic (exact) mass is 263 g/mol. The second kappa shape index (κ2) is 5.44. The fourth-order valence-corrected chi connectivity index (χ4v) is 1.48. The lowest BCUT2D eigenvalue weighted by molar-refractivity contribution is 0.284. The van der Waals surface area contributed by atoms with Crippen LogP contribution in [-0.4, -0.2) is 0 Å². The molecule has 0 heterocycles. The van der Waals surface area contributed by atoms with Crippen LogP contribution in [0.1, 0.15) is 11.1 Å². The molecule has 0 spiro atoms. The smallest absolute Gasteiger partial charge is 0.167 e. The van der Waals surface area contributed by atoms with E-state index in [0.717, 1.165) is 18.2 Å². The summed E-state index contributed by atoms with van der Waals surface area (Å²) in [5.41, 5.74) is 0.372. The first-order chi connectivity index (χ1) is 9.10. The third-order valence-electron chi connectivity index (χ3n) is 2.46. The highest BCUT2D eigenvalue weighted by molar-refractivity contribution is 5.33. The summed E-state index contributed by atoms with van der Waals surface area (Å²) in [6.07, 6.45) is 0. The van der Waals surface area contributed by atoms with Gasteiger partial charge in [-0.05, 0) is 24.3 Å². The van der Waals surface area contributed by atoms with Crippen molar-refractivity contribution in [2.24, 2.45) is 0 Å². The third kappa shape index (κ3) is 3.05. The van der Waals surface area contributed by atoms with Gasteiger partial charge in [0, 0.05) is 11.6 Å². The molecular weight excluding hydrogens is 255 g/mol. The Balaban J connectivity index is 2.13. The Morgan fingerprint density at radius 2 is 1.79 bits per heavy atom. The largest absolute Gasteiger partial charge is 0.486 e. The van der Waals surface area contributed by atoms with Crippen LogP contribution >= 0.6 is 0 Å². The van der Waals surface area contributed by atoms with Crippen LogP contribution in [-0.2, 0) is 6.61 Å². The van der Waals surface area contributed by atoms with Crippen LogP contribution in [0.4, 0.5) is 13.2 Å². The highest BCUT2D eigenvalue weighted by atomic mass is 19.1. The zero-order valence-corrected chi connectivity index (χ0v) is 9.66. The van der Waals surface area contributed by atoms with E-state index in [4.69, 9.17) is 10.00 Å². The van der Waals surface area contributed by atoms with Crippen LogP contribution in [0.5, 0.6) is 5.75 Å². The number of hydrogen-bond acceptors (Lipinski definition) is 2. The Morgan fingerprint density at radius 1 is 1.00 bits per heavy atom. The lowest BCUT2D eigenvalue weighted by Gasteiger charge is -2.08. The highest BCUT2D eigenvalue weighted by Crippen LogP contribution is 2.20. The number of halogens is 3. The first kappa shape index (κ1) is 13.0. The van der Waals surface area contributed by atoms with E-state index in [1.807, 2.05) is 0 Å². The summed E-state index contributed by atoms with van der Waals surface area (Å²) >= 11 is 0. The lowest BCUT2D eigenvalue weighted by atomic mass is 10.1. The molecule has 0 amide bonds. The van der Waals surface area contributed by atoms with E-state index in [1.165, 1.54) is 12.1 Å². The lowest BCUT2D eigenvalue weighted by Crippen LogP contribution is -2.00. The molecule has 2 nitrogen and oxygen atoms in total. The predicted molar refractivity (Wildman–Crippen MR) is 61.8 cm³/mol. The van der Waals surface area contributed by atoms with Gasteiger partial charge in [0.25, 0.3) is 0 Å². The van der Waals surface area contributed by atoms with E-state index in [1.54, 1.807) is 6.07 Å². The third-order valence-corrected chi connectivity index (χ3v) is 2.46. The summed E-state index contributed by atoms with van der Waals surface area (Å²) in [5, 5.41) is 8.59. The Labute approximate surface area is 107 Å². The number of rotatable bonds is 3. The second-order valence-electron chi connectivity index (χ2n) is 3.78. The van der Waals surface area contributed by atoms with Gasteiger partial charge in [0.1, 0.15) is 18.2 Å². The van der Waals surface area contributed by atoms with E-state index in [2.05, 4.69) is 0 Å². The van der Waals surface area contributed by atoms with Crippen molar-refractivity contribution in [2.75, 3.05) is 0 Å². The van der Waals surface area contributed by atoms with Crippen molar-refractivity contribution in [3.8, 4) is 11.8 Å². The first-order valence-corrected chi connectivity index (χ1v) is 5.36. The molecule has 0 atom stereocenters. The fourth-order valence-electron chi connectivity index (χ4n) is 1.48. The summed E-state index contributed by atoms with van der Waals surface area (Å²) in [4.78, 5) is 0. The van der Waals surface area contributed by atoms with Gasteiger partial charge < -0.3 is 4.74 Å². The molecule has 5 heteroatoms. The summed E-state index contributed by atoms with van der Waals surface area (Å²) in [5.74, 6) is -2.34. The van der Waals surface area contributed by atoms with Crippen molar-refractivity contribution < 1.29 is 17.9 Å². The van der Waals surface area contributed by atoms with Gasteiger partial charge in [0.2, 0.25) is 0 Å². The number of nitrogens with zero attached hydrogens (tertiary/aromatic N) is 1. The minimum atomic E-state index is -0.853. The van der Waals surface area contributed by atoms with Gasteiger partial charge in [-0.1, -0.05) is 6.07 Å². The maximum Gasteiger partial charge on any atom is 0.167 e. The Kier molecular flexibility index (Phi) is 3.71. The van der Waals surface area contributed by atoms with Gasteiger partial charge in [0.15, 0.2) is 11.6 Å². The Hall–Kier alpha value is -2.48. The van der Waals surface area contributed by atoms with E-state index < -0.39 is 17.5 Å². The van der Waals surface area contributed by atoms with Crippen molar-refractivity contribution >= 4 is 0 Å². The van der Waals surface area contributed by atoms with E-state index in [9.17, 15) is 13.2 Å². The number of nitriles is 1. The molecule has 0 aromatic heterocycles. The van der Waals surface area contributed by atoms with Crippen molar-refractivity contribution in [3.05, 3.63) is 65.0 Å². The van der Waals surface area contributed by atoms with Crippen molar-refractivity contribution in [1.29, 1.82) is 5.26 Å². The molecule has 0 radical (unpaired) electrons. The molecule has 0 fully saturated rings. The summed E-state index contributed by atoms with van der Waals surface area (Å²) < 4.78 is 44.5.